The average Bonchev–Trinajstić information content (AvgIpc) is 2.58. The van der Waals surface area contributed by atoms with E-state index in [0.29, 0.717) is 12.3 Å². The molecule has 1 amide bonds. The van der Waals surface area contributed by atoms with Crippen molar-refractivity contribution in [2.24, 2.45) is 0 Å². The number of carbonyl (C=O) groups excluding carboxylic acids is 1. The van der Waals surface area contributed by atoms with Crippen LogP contribution in [0.5, 0.6) is 0 Å². The number of amides is 1. The lowest BCUT2D eigenvalue weighted by Crippen LogP contribution is -2.13. The second kappa shape index (κ2) is 2.90. The van der Waals surface area contributed by atoms with Gasteiger partial charge in [0, 0.05) is 28.6 Å². The number of carbonyl (C=O) groups is 1. The maximum absolute atomic E-state index is 10.9. The summed E-state index contributed by atoms with van der Waals surface area (Å²) in [6, 6.07) is 4.24. The fourth-order valence-electron chi connectivity index (χ4n) is 1.48. The zero-order chi connectivity index (χ0) is 8.55. The van der Waals surface area contributed by atoms with Crippen LogP contribution < -0.4 is 5.32 Å². The van der Waals surface area contributed by atoms with Crippen LogP contribution in [-0.2, 0) is 4.79 Å². The Morgan fingerprint density at radius 3 is 2.92 bits per heavy atom. The van der Waals surface area contributed by atoms with Crippen LogP contribution in [0.4, 0.5) is 0 Å². The van der Waals surface area contributed by atoms with Crippen molar-refractivity contribution in [3.8, 4) is 0 Å². The number of rotatable bonds is 1. The summed E-state index contributed by atoms with van der Waals surface area (Å²) in [5.74, 6) is 0.613. The molecule has 0 unspecified atom stereocenters. The monoisotopic (exact) mass is 181 g/mol. The molecule has 1 aromatic heterocycles. The first-order valence-electron chi connectivity index (χ1n) is 4.09. The summed E-state index contributed by atoms with van der Waals surface area (Å²) in [5.41, 5.74) is 0. The Hall–Kier alpha value is -0.830. The molecule has 12 heavy (non-hydrogen) atoms. The molecule has 1 N–H and O–H groups in total. The minimum absolute atomic E-state index is 0.186. The van der Waals surface area contributed by atoms with Crippen molar-refractivity contribution in [3.05, 3.63) is 21.9 Å². The zero-order valence-corrected chi connectivity index (χ0v) is 7.78. The first kappa shape index (κ1) is 7.80. The molecule has 2 rings (SSSR count). The van der Waals surface area contributed by atoms with Gasteiger partial charge >= 0.3 is 0 Å². The van der Waals surface area contributed by atoms with Crippen LogP contribution in [-0.4, -0.2) is 12.5 Å². The highest BCUT2D eigenvalue weighted by atomic mass is 32.1. The molecular formula is C9H11NOS. The van der Waals surface area contributed by atoms with Gasteiger partial charge in [0.1, 0.15) is 0 Å². The van der Waals surface area contributed by atoms with Crippen molar-refractivity contribution in [2.45, 2.75) is 19.3 Å². The standard InChI is InChI=1S/C9H11NOS/c1-6-2-3-8(12-6)7-4-9(11)10-5-7/h2-3,7H,4-5H2,1H3,(H,10,11)/t7-/m0/s1. The predicted octanol–water partition coefficient (Wildman–Crippen LogP) is 1.66. The fraction of sp³-hybridized carbons (Fsp3) is 0.444. The molecule has 2 nitrogen and oxygen atoms in total. The van der Waals surface area contributed by atoms with E-state index in [1.54, 1.807) is 11.3 Å². The van der Waals surface area contributed by atoms with Gasteiger partial charge in [0.15, 0.2) is 0 Å². The van der Waals surface area contributed by atoms with Crippen molar-refractivity contribution < 1.29 is 4.79 Å². The van der Waals surface area contributed by atoms with Crippen LogP contribution in [0.2, 0.25) is 0 Å². The van der Waals surface area contributed by atoms with Gasteiger partial charge in [-0.05, 0) is 19.1 Å². The minimum Gasteiger partial charge on any atom is -0.355 e. The van der Waals surface area contributed by atoms with Crippen LogP contribution in [0, 0.1) is 6.92 Å². The highest BCUT2D eigenvalue weighted by Gasteiger charge is 2.23. The molecule has 64 valence electrons. The molecule has 0 saturated carbocycles. The Bertz CT molecular complexity index is 305. The Balaban J connectivity index is 2.15. The Morgan fingerprint density at radius 2 is 2.42 bits per heavy atom. The Kier molecular flexibility index (Phi) is 1.89. The van der Waals surface area contributed by atoms with Gasteiger partial charge in [0.2, 0.25) is 5.91 Å². The molecule has 1 aliphatic rings. The smallest absolute Gasteiger partial charge is 0.220 e. The van der Waals surface area contributed by atoms with E-state index >= 15 is 0 Å². The topological polar surface area (TPSA) is 29.1 Å². The van der Waals surface area contributed by atoms with Crippen LogP contribution in [0.15, 0.2) is 12.1 Å². The number of hydrogen-bond donors (Lipinski definition) is 1. The SMILES string of the molecule is Cc1ccc([C@@H]2CNC(=O)C2)s1. The lowest BCUT2D eigenvalue weighted by Gasteiger charge is -2.01. The zero-order valence-electron chi connectivity index (χ0n) is 6.96. The van der Waals surface area contributed by atoms with Crippen LogP contribution in [0.3, 0.4) is 0 Å². The van der Waals surface area contributed by atoms with Crippen molar-refractivity contribution in [3.63, 3.8) is 0 Å². The van der Waals surface area contributed by atoms with Crippen molar-refractivity contribution in [2.75, 3.05) is 6.54 Å². The summed E-state index contributed by atoms with van der Waals surface area (Å²) in [7, 11) is 0. The van der Waals surface area contributed by atoms with Gasteiger partial charge in [0.25, 0.3) is 0 Å². The summed E-state index contributed by atoms with van der Waals surface area (Å²) in [6.07, 6.45) is 0.667. The quantitative estimate of drug-likeness (QED) is 0.701. The third kappa shape index (κ3) is 1.37. The maximum atomic E-state index is 10.9. The summed E-state index contributed by atoms with van der Waals surface area (Å²) in [5, 5.41) is 2.85. The lowest BCUT2D eigenvalue weighted by molar-refractivity contribution is -0.119. The van der Waals surface area contributed by atoms with Crippen LogP contribution in [0.1, 0.15) is 22.1 Å². The first-order valence-corrected chi connectivity index (χ1v) is 4.90. The fourth-order valence-corrected chi connectivity index (χ4v) is 2.46. The Labute approximate surface area is 75.6 Å². The molecule has 0 aliphatic carbocycles. The molecule has 0 aromatic carbocycles. The van der Waals surface area contributed by atoms with Gasteiger partial charge in [-0.15, -0.1) is 11.3 Å². The van der Waals surface area contributed by atoms with E-state index < -0.39 is 0 Å². The van der Waals surface area contributed by atoms with E-state index in [9.17, 15) is 4.79 Å². The van der Waals surface area contributed by atoms with Crippen LogP contribution >= 0.6 is 11.3 Å². The predicted molar refractivity (Wildman–Crippen MR) is 49.4 cm³/mol. The summed E-state index contributed by atoms with van der Waals surface area (Å²) in [6.45, 7) is 2.91. The van der Waals surface area contributed by atoms with Crippen molar-refractivity contribution in [1.29, 1.82) is 0 Å². The van der Waals surface area contributed by atoms with Crippen molar-refractivity contribution in [1.82, 2.24) is 5.32 Å². The van der Waals surface area contributed by atoms with E-state index in [4.69, 9.17) is 0 Å². The second-order valence-electron chi connectivity index (χ2n) is 3.15. The summed E-state index contributed by atoms with van der Waals surface area (Å²) >= 11 is 1.79. The highest BCUT2D eigenvalue weighted by molar-refractivity contribution is 7.12. The third-order valence-electron chi connectivity index (χ3n) is 2.14. The van der Waals surface area contributed by atoms with E-state index in [1.165, 1.54) is 9.75 Å². The van der Waals surface area contributed by atoms with E-state index in [0.717, 1.165) is 6.54 Å². The van der Waals surface area contributed by atoms with Gasteiger partial charge in [-0.1, -0.05) is 0 Å². The first-order chi connectivity index (χ1) is 5.75. The molecule has 2 heterocycles. The Morgan fingerprint density at radius 1 is 1.58 bits per heavy atom. The van der Waals surface area contributed by atoms with Crippen LogP contribution in [0.25, 0.3) is 0 Å². The molecular weight excluding hydrogens is 170 g/mol. The highest BCUT2D eigenvalue weighted by Crippen LogP contribution is 2.28. The molecule has 1 aromatic rings. The van der Waals surface area contributed by atoms with Gasteiger partial charge in [-0.3, -0.25) is 4.79 Å². The molecule has 1 saturated heterocycles. The molecule has 1 fully saturated rings. The number of aryl methyl sites for hydroxylation is 1. The largest absolute Gasteiger partial charge is 0.355 e. The van der Waals surface area contributed by atoms with E-state index in [2.05, 4.69) is 24.4 Å². The second-order valence-corrected chi connectivity index (χ2v) is 4.47. The summed E-state index contributed by atoms with van der Waals surface area (Å²) in [4.78, 5) is 13.6. The van der Waals surface area contributed by atoms with E-state index in [-0.39, 0.29) is 5.91 Å². The van der Waals surface area contributed by atoms with Gasteiger partial charge in [-0.25, -0.2) is 0 Å². The number of hydrogen-bond acceptors (Lipinski definition) is 2. The molecule has 1 atom stereocenters. The number of thiophene rings is 1. The molecule has 0 bridgehead atoms. The van der Waals surface area contributed by atoms with Gasteiger partial charge in [-0.2, -0.15) is 0 Å². The normalized spacial score (nSPS) is 22.8. The van der Waals surface area contributed by atoms with Crippen molar-refractivity contribution >= 4 is 17.2 Å². The molecule has 1 aliphatic heterocycles. The maximum Gasteiger partial charge on any atom is 0.220 e. The summed E-state index contributed by atoms with van der Waals surface area (Å²) < 4.78 is 0. The average molecular weight is 181 g/mol. The third-order valence-corrected chi connectivity index (χ3v) is 3.30. The molecule has 0 spiro atoms. The number of nitrogens with one attached hydrogen (secondary N) is 1. The van der Waals surface area contributed by atoms with Gasteiger partial charge < -0.3 is 5.32 Å². The minimum atomic E-state index is 0.186. The molecule has 0 radical (unpaired) electrons. The lowest BCUT2D eigenvalue weighted by atomic mass is 10.1. The van der Waals surface area contributed by atoms with E-state index in [1.807, 2.05) is 0 Å². The molecule has 3 heteroatoms. The van der Waals surface area contributed by atoms with Gasteiger partial charge in [0.05, 0.1) is 0 Å².